The maximum absolute atomic E-state index is 13.0. The molecule has 2 atom stereocenters. The SMILES string of the molecule is C=C([C@@H](C)c1ccc(CC(C)C)cc1)N(C)CCC(Cc1ccc(C(F)(F)F)cc1)c1ccccc1. The largest absolute Gasteiger partial charge is 0.416 e. The van der Waals surface area contributed by atoms with E-state index in [9.17, 15) is 13.2 Å². The Kier molecular flexibility index (Phi) is 9.42. The van der Waals surface area contributed by atoms with Crippen LogP contribution in [-0.4, -0.2) is 18.5 Å². The maximum atomic E-state index is 13.0. The van der Waals surface area contributed by atoms with Crippen LogP contribution in [0.1, 0.15) is 66.8 Å². The highest BCUT2D eigenvalue weighted by Crippen LogP contribution is 2.31. The van der Waals surface area contributed by atoms with Crippen molar-refractivity contribution in [3.63, 3.8) is 0 Å². The molecule has 0 radical (unpaired) electrons. The van der Waals surface area contributed by atoms with Crippen molar-refractivity contribution in [2.24, 2.45) is 5.92 Å². The molecule has 3 aromatic rings. The molecule has 0 fully saturated rings. The number of likely N-dealkylation sites (N-methyl/N-ethyl adjacent to an activating group) is 1. The minimum Gasteiger partial charge on any atom is -0.378 e. The summed E-state index contributed by atoms with van der Waals surface area (Å²) in [5.41, 5.74) is 5.17. The molecule has 0 amide bonds. The molecule has 1 unspecified atom stereocenters. The van der Waals surface area contributed by atoms with E-state index in [2.05, 4.69) is 75.7 Å². The molecule has 0 aliphatic rings. The molecule has 192 valence electrons. The van der Waals surface area contributed by atoms with E-state index in [0.717, 1.165) is 30.6 Å². The Hall–Kier alpha value is -3.01. The highest BCUT2D eigenvalue weighted by Gasteiger charge is 2.30. The fourth-order valence-corrected chi connectivity index (χ4v) is 4.66. The minimum atomic E-state index is -4.31. The van der Waals surface area contributed by atoms with Gasteiger partial charge in [0.2, 0.25) is 0 Å². The lowest BCUT2D eigenvalue weighted by Gasteiger charge is -2.29. The van der Waals surface area contributed by atoms with Crippen molar-refractivity contribution in [1.29, 1.82) is 0 Å². The third-order valence-corrected chi connectivity index (χ3v) is 6.96. The van der Waals surface area contributed by atoms with Gasteiger partial charge >= 0.3 is 6.18 Å². The first kappa shape index (κ1) is 27.6. The van der Waals surface area contributed by atoms with Crippen molar-refractivity contribution in [2.45, 2.75) is 58.0 Å². The van der Waals surface area contributed by atoms with Gasteiger partial charge in [-0.25, -0.2) is 0 Å². The third kappa shape index (κ3) is 7.74. The second-order valence-electron chi connectivity index (χ2n) is 10.3. The number of hydrogen-bond donors (Lipinski definition) is 0. The molecule has 0 heterocycles. The maximum Gasteiger partial charge on any atom is 0.416 e. The van der Waals surface area contributed by atoms with Crippen LogP contribution in [0.5, 0.6) is 0 Å². The summed E-state index contributed by atoms with van der Waals surface area (Å²) < 4.78 is 38.9. The van der Waals surface area contributed by atoms with Gasteiger partial charge in [-0.05, 0) is 65.5 Å². The second kappa shape index (κ2) is 12.3. The molecular weight excluding hydrogens is 455 g/mol. The average Bonchev–Trinajstić information content (AvgIpc) is 2.86. The quantitative estimate of drug-likeness (QED) is 0.258. The van der Waals surface area contributed by atoms with Crippen LogP contribution in [0.4, 0.5) is 13.2 Å². The monoisotopic (exact) mass is 493 g/mol. The fraction of sp³-hybridized carbons (Fsp3) is 0.375. The van der Waals surface area contributed by atoms with E-state index < -0.39 is 11.7 Å². The van der Waals surface area contributed by atoms with Crippen LogP contribution in [0.2, 0.25) is 0 Å². The van der Waals surface area contributed by atoms with Gasteiger partial charge in [-0.1, -0.05) is 94.1 Å². The van der Waals surface area contributed by atoms with Crippen molar-refractivity contribution in [3.05, 3.63) is 119 Å². The predicted molar refractivity (Wildman–Crippen MR) is 144 cm³/mol. The van der Waals surface area contributed by atoms with E-state index in [1.807, 2.05) is 18.2 Å². The number of alkyl halides is 3. The van der Waals surface area contributed by atoms with Crippen molar-refractivity contribution in [3.8, 4) is 0 Å². The summed E-state index contributed by atoms with van der Waals surface area (Å²) in [6.07, 6.45) is -1.67. The van der Waals surface area contributed by atoms with Gasteiger partial charge in [-0.3, -0.25) is 0 Å². The van der Waals surface area contributed by atoms with E-state index in [4.69, 9.17) is 0 Å². The van der Waals surface area contributed by atoms with Crippen LogP contribution in [0, 0.1) is 5.92 Å². The molecule has 0 N–H and O–H groups in total. The van der Waals surface area contributed by atoms with Crippen LogP contribution in [0.25, 0.3) is 0 Å². The number of allylic oxidation sites excluding steroid dienone is 1. The van der Waals surface area contributed by atoms with Crippen LogP contribution >= 0.6 is 0 Å². The Balaban J connectivity index is 1.66. The van der Waals surface area contributed by atoms with Crippen molar-refractivity contribution < 1.29 is 13.2 Å². The standard InChI is InChI=1S/C32H38F3N/c1-23(2)21-26-11-15-28(16-12-26)24(3)25(4)36(5)20-19-30(29-9-7-6-8-10-29)22-27-13-17-31(18-14-27)32(33,34)35/h6-18,23-24,30H,4,19-22H2,1-3,5H3/t24-,30?/m1/s1. The number of benzene rings is 3. The topological polar surface area (TPSA) is 3.24 Å². The Morgan fingerprint density at radius 3 is 1.89 bits per heavy atom. The van der Waals surface area contributed by atoms with Gasteiger partial charge in [0, 0.05) is 25.2 Å². The molecule has 0 spiro atoms. The first-order valence-corrected chi connectivity index (χ1v) is 12.7. The summed E-state index contributed by atoms with van der Waals surface area (Å²) in [4.78, 5) is 2.22. The van der Waals surface area contributed by atoms with Crippen LogP contribution in [-0.2, 0) is 19.0 Å². The summed E-state index contributed by atoms with van der Waals surface area (Å²) in [6.45, 7) is 11.9. The molecular formula is C32H38F3N. The fourth-order valence-electron chi connectivity index (χ4n) is 4.66. The lowest BCUT2D eigenvalue weighted by atomic mass is 9.88. The Morgan fingerprint density at radius 1 is 0.778 bits per heavy atom. The highest BCUT2D eigenvalue weighted by molar-refractivity contribution is 5.31. The van der Waals surface area contributed by atoms with Gasteiger partial charge in [0.15, 0.2) is 0 Å². The predicted octanol–water partition coefficient (Wildman–Crippen LogP) is 8.87. The molecule has 36 heavy (non-hydrogen) atoms. The van der Waals surface area contributed by atoms with Gasteiger partial charge in [-0.15, -0.1) is 0 Å². The highest BCUT2D eigenvalue weighted by atomic mass is 19.4. The summed E-state index contributed by atoms with van der Waals surface area (Å²) in [5.74, 6) is 1.03. The molecule has 1 nitrogen and oxygen atoms in total. The zero-order chi connectivity index (χ0) is 26.3. The van der Waals surface area contributed by atoms with E-state index >= 15 is 0 Å². The average molecular weight is 494 g/mol. The number of rotatable bonds is 11. The summed E-state index contributed by atoms with van der Waals surface area (Å²) >= 11 is 0. The van der Waals surface area contributed by atoms with E-state index in [1.165, 1.54) is 28.8 Å². The molecule has 0 aromatic heterocycles. The van der Waals surface area contributed by atoms with Gasteiger partial charge in [0.25, 0.3) is 0 Å². The lowest BCUT2D eigenvalue weighted by molar-refractivity contribution is -0.137. The zero-order valence-corrected chi connectivity index (χ0v) is 21.9. The van der Waals surface area contributed by atoms with Gasteiger partial charge in [0.1, 0.15) is 0 Å². The molecule has 0 aliphatic carbocycles. The van der Waals surface area contributed by atoms with Crippen molar-refractivity contribution in [1.82, 2.24) is 4.90 Å². The molecule has 0 aliphatic heterocycles. The van der Waals surface area contributed by atoms with Crippen LogP contribution in [0.3, 0.4) is 0 Å². The molecule has 0 saturated heterocycles. The first-order chi connectivity index (χ1) is 17.0. The smallest absolute Gasteiger partial charge is 0.378 e. The first-order valence-electron chi connectivity index (χ1n) is 12.7. The molecule has 0 saturated carbocycles. The van der Waals surface area contributed by atoms with Gasteiger partial charge in [-0.2, -0.15) is 13.2 Å². The Bertz CT molecular complexity index is 1080. The lowest BCUT2D eigenvalue weighted by Crippen LogP contribution is -2.23. The van der Waals surface area contributed by atoms with Crippen molar-refractivity contribution >= 4 is 0 Å². The molecule has 4 heteroatoms. The van der Waals surface area contributed by atoms with E-state index in [1.54, 1.807) is 12.1 Å². The molecule has 0 bridgehead atoms. The summed E-state index contributed by atoms with van der Waals surface area (Å²) in [7, 11) is 2.08. The summed E-state index contributed by atoms with van der Waals surface area (Å²) in [5, 5.41) is 0. The summed E-state index contributed by atoms with van der Waals surface area (Å²) in [6, 6.07) is 24.6. The zero-order valence-electron chi connectivity index (χ0n) is 21.9. The normalized spacial score (nSPS) is 13.4. The van der Waals surface area contributed by atoms with Gasteiger partial charge in [0.05, 0.1) is 5.56 Å². The Labute approximate surface area is 214 Å². The third-order valence-electron chi connectivity index (χ3n) is 6.96. The van der Waals surface area contributed by atoms with E-state index in [-0.39, 0.29) is 11.8 Å². The number of nitrogens with zero attached hydrogens (tertiary/aromatic N) is 1. The van der Waals surface area contributed by atoms with E-state index in [0.29, 0.717) is 12.3 Å². The van der Waals surface area contributed by atoms with Gasteiger partial charge < -0.3 is 4.90 Å². The number of halogens is 3. The van der Waals surface area contributed by atoms with Crippen molar-refractivity contribution in [2.75, 3.05) is 13.6 Å². The molecule has 3 rings (SSSR count). The number of hydrogen-bond acceptors (Lipinski definition) is 1. The Morgan fingerprint density at radius 2 is 1.33 bits per heavy atom. The molecule has 3 aromatic carbocycles. The van der Waals surface area contributed by atoms with Crippen LogP contribution in [0.15, 0.2) is 91.1 Å². The van der Waals surface area contributed by atoms with Crippen LogP contribution < -0.4 is 0 Å². The minimum absolute atomic E-state index is 0.198. The second-order valence-corrected chi connectivity index (χ2v) is 10.3.